The summed E-state index contributed by atoms with van der Waals surface area (Å²) in [5.74, 6) is -3.37. The Labute approximate surface area is 222 Å². The number of hydrogen-bond acceptors (Lipinski definition) is 6. The van der Waals surface area contributed by atoms with Gasteiger partial charge < -0.3 is 10.4 Å². The van der Waals surface area contributed by atoms with Crippen LogP contribution in [0.25, 0.3) is 17.2 Å². The number of thiocarbonyl (C=S) groups is 1. The highest BCUT2D eigenvalue weighted by molar-refractivity contribution is 8.26. The number of carbonyl (C=O) groups excluding carboxylic acids is 2. The number of hydrogen-bond donors (Lipinski definition) is 2. The highest BCUT2D eigenvalue weighted by atomic mass is 32.2. The number of carboxylic acid groups (broad SMARTS) is 1. The minimum absolute atomic E-state index is 0.00319. The maximum Gasteiger partial charge on any atom is 0.419 e. The number of thioether (sulfide) groups is 1. The van der Waals surface area contributed by atoms with Gasteiger partial charge in [-0.05, 0) is 60.0 Å². The van der Waals surface area contributed by atoms with Crippen LogP contribution in [0.15, 0.2) is 34.6 Å². The number of carbonyl (C=O) groups is 3. The fraction of sp³-hybridized carbons (Fsp3) is 0.333. The molecule has 2 aliphatic rings. The Morgan fingerprint density at radius 1 is 1.22 bits per heavy atom. The first-order valence-electron chi connectivity index (χ1n) is 11.2. The number of nitrogens with one attached hydrogen (secondary N) is 1. The maximum atomic E-state index is 13.6. The minimum atomic E-state index is -4.82. The van der Waals surface area contributed by atoms with E-state index in [1.807, 2.05) is 0 Å². The predicted molar refractivity (Wildman–Crippen MR) is 136 cm³/mol. The molecule has 2 atom stereocenters. The van der Waals surface area contributed by atoms with Crippen molar-refractivity contribution in [2.45, 2.75) is 37.9 Å². The molecule has 0 bridgehead atoms. The second kappa shape index (κ2) is 10.9. The smallest absolute Gasteiger partial charge is 0.419 e. The number of amides is 2. The molecule has 0 radical (unpaired) electrons. The number of carboxylic acids is 1. The molecule has 2 fully saturated rings. The van der Waals surface area contributed by atoms with E-state index < -0.39 is 29.4 Å². The van der Waals surface area contributed by atoms with Crippen molar-refractivity contribution >= 4 is 63.5 Å². The average molecular weight is 573 g/mol. The molecular weight excluding hydrogens is 552 g/mol. The Morgan fingerprint density at radius 2 is 1.97 bits per heavy atom. The fourth-order valence-corrected chi connectivity index (χ4v) is 6.40. The molecule has 2 N–H and O–H groups in total. The molecule has 196 valence electrons. The van der Waals surface area contributed by atoms with Crippen LogP contribution in [-0.2, 0) is 20.6 Å². The number of nitrogens with zero attached hydrogens (tertiary/aromatic N) is 1. The number of rotatable bonds is 7. The molecule has 2 heterocycles. The molecule has 1 saturated heterocycles. The van der Waals surface area contributed by atoms with Gasteiger partial charge in [-0.1, -0.05) is 30.0 Å². The Kier molecular flexibility index (Phi) is 8.05. The summed E-state index contributed by atoms with van der Waals surface area (Å²) in [7, 11) is 0. The summed E-state index contributed by atoms with van der Waals surface area (Å²) in [4.78, 5) is 38.5. The van der Waals surface area contributed by atoms with E-state index in [2.05, 4.69) is 5.32 Å². The monoisotopic (exact) mass is 572 g/mol. The highest BCUT2D eigenvalue weighted by Gasteiger charge is 2.35. The summed E-state index contributed by atoms with van der Waals surface area (Å²) in [6, 6.07) is 4.17. The van der Waals surface area contributed by atoms with Crippen molar-refractivity contribution in [1.82, 2.24) is 10.2 Å². The summed E-state index contributed by atoms with van der Waals surface area (Å²) in [5, 5.41) is 13.5. The Hall–Kier alpha value is -2.77. The van der Waals surface area contributed by atoms with Crippen molar-refractivity contribution < 1.29 is 37.1 Å². The summed E-state index contributed by atoms with van der Waals surface area (Å²) >= 11 is 7.55. The zero-order valence-electron chi connectivity index (χ0n) is 19.0. The van der Waals surface area contributed by atoms with Crippen molar-refractivity contribution in [3.05, 3.63) is 50.8 Å². The van der Waals surface area contributed by atoms with Crippen LogP contribution in [0.4, 0.5) is 17.6 Å². The third-order valence-corrected chi connectivity index (χ3v) is 8.34. The second-order valence-electron chi connectivity index (χ2n) is 8.63. The van der Waals surface area contributed by atoms with Gasteiger partial charge in [0.15, 0.2) is 0 Å². The molecule has 6 nitrogen and oxygen atoms in total. The van der Waals surface area contributed by atoms with Crippen molar-refractivity contribution in [2.24, 2.45) is 5.92 Å². The standard InChI is InChI=1S/C24H20F4N2O4S3/c25-18-4-2-12(9-17(18)24(26,27)28)14-8-16(36-11-14)10-19-21(32)30(23(35)37-19)6-5-20(31)29-15-3-1-13(7-15)22(33)34/h2,4,8-11,13,15H,1,3,5-7H2,(H,29,31)(H,33,34)/t13-,15?/m0/s1. The molecule has 1 saturated carbocycles. The lowest BCUT2D eigenvalue weighted by atomic mass is 10.0. The Morgan fingerprint density at radius 3 is 2.65 bits per heavy atom. The van der Waals surface area contributed by atoms with Crippen LogP contribution in [0, 0.1) is 11.7 Å². The summed E-state index contributed by atoms with van der Waals surface area (Å²) < 4.78 is 53.0. The van der Waals surface area contributed by atoms with Crippen LogP contribution in [0.1, 0.15) is 36.1 Å². The van der Waals surface area contributed by atoms with Crippen LogP contribution in [-0.4, -0.2) is 44.7 Å². The van der Waals surface area contributed by atoms with Gasteiger partial charge >= 0.3 is 12.1 Å². The normalized spacial score (nSPS) is 21.2. The van der Waals surface area contributed by atoms with Crippen molar-refractivity contribution in [2.75, 3.05) is 6.54 Å². The van der Waals surface area contributed by atoms with Crippen LogP contribution in [0.2, 0.25) is 0 Å². The van der Waals surface area contributed by atoms with Gasteiger partial charge in [0, 0.05) is 23.9 Å². The molecule has 1 aromatic carbocycles. The molecule has 1 unspecified atom stereocenters. The van der Waals surface area contributed by atoms with Gasteiger partial charge in [-0.2, -0.15) is 13.2 Å². The first kappa shape index (κ1) is 27.3. The van der Waals surface area contributed by atoms with E-state index >= 15 is 0 Å². The van der Waals surface area contributed by atoms with Crippen molar-refractivity contribution in [3.8, 4) is 11.1 Å². The van der Waals surface area contributed by atoms with Gasteiger partial charge in [-0.25, -0.2) is 4.39 Å². The summed E-state index contributed by atoms with van der Waals surface area (Å²) in [6.07, 6.45) is -1.76. The van der Waals surface area contributed by atoms with Gasteiger partial charge in [0.25, 0.3) is 5.91 Å². The summed E-state index contributed by atoms with van der Waals surface area (Å²) in [5.41, 5.74) is -0.705. The molecule has 1 aliphatic heterocycles. The van der Waals surface area contributed by atoms with E-state index in [1.165, 1.54) is 22.3 Å². The van der Waals surface area contributed by atoms with Crippen LogP contribution < -0.4 is 5.32 Å². The van der Waals surface area contributed by atoms with E-state index in [9.17, 15) is 31.9 Å². The lowest BCUT2D eigenvalue weighted by Crippen LogP contribution is -2.37. The summed E-state index contributed by atoms with van der Waals surface area (Å²) in [6.45, 7) is 0.0639. The Balaban J connectivity index is 1.38. The molecule has 1 aromatic heterocycles. The zero-order chi connectivity index (χ0) is 26.9. The maximum absolute atomic E-state index is 13.6. The first-order chi connectivity index (χ1) is 17.4. The van der Waals surface area contributed by atoms with E-state index in [0.717, 1.165) is 23.9 Å². The average Bonchev–Trinajstić information content (AvgIpc) is 3.53. The van der Waals surface area contributed by atoms with Gasteiger partial charge in [0.1, 0.15) is 10.1 Å². The molecule has 0 spiro atoms. The van der Waals surface area contributed by atoms with Gasteiger partial charge in [0.05, 0.1) is 16.4 Å². The number of halogens is 4. The van der Waals surface area contributed by atoms with E-state index in [1.54, 1.807) is 17.5 Å². The van der Waals surface area contributed by atoms with E-state index in [4.69, 9.17) is 17.3 Å². The third-order valence-electron chi connectivity index (χ3n) is 6.08. The van der Waals surface area contributed by atoms with Crippen LogP contribution in [0.3, 0.4) is 0 Å². The number of alkyl halides is 3. The van der Waals surface area contributed by atoms with Crippen LogP contribution in [0.5, 0.6) is 0 Å². The minimum Gasteiger partial charge on any atom is -0.481 e. The topological polar surface area (TPSA) is 86.7 Å². The zero-order valence-corrected chi connectivity index (χ0v) is 21.5. The van der Waals surface area contributed by atoms with Crippen LogP contribution >= 0.6 is 35.3 Å². The Bertz CT molecular complexity index is 1290. The molecular formula is C24H20F4N2O4S3. The first-order valence-corrected chi connectivity index (χ1v) is 13.3. The third kappa shape index (κ3) is 6.39. The molecule has 2 amide bonds. The SMILES string of the molecule is O=C(CCN1C(=O)C(=Cc2cc(-c3ccc(F)c(C(F)(F)F)c3)cs2)SC1=S)NC1CC[C@H](C(=O)O)C1. The van der Waals surface area contributed by atoms with E-state index in [-0.39, 0.29) is 40.7 Å². The quantitative estimate of drug-likeness (QED) is 0.258. The van der Waals surface area contributed by atoms with Crippen molar-refractivity contribution in [1.29, 1.82) is 0 Å². The molecule has 37 heavy (non-hydrogen) atoms. The second-order valence-corrected chi connectivity index (χ2v) is 11.2. The molecule has 4 rings (SSSR count). The van der Waals surface area contributed by atoms with Gasteiger partial charge in [-0.3, -0.25) is 19.3 Å². The molecule has 2 aromatic rings. The van der Waals surface area contributed by atoms with Gasteiger partial charge in [0.2, 0.25) is 5.91 Å². The highest BCUT2D eigenvalue weighted by Crippen LogP contribution is 2.37. The van der Waals surface area contributed by atoms with Gasteiger partial charge in [-0.15, -0.1) is 11.3 Å². The number of benzene rings is 1. The predicted octanol–water partition coefficient (Wildman–Crippen LogP) is 5.53. The number of aliphatic carboxylic acids is 1. The molecule has 13 heteroatoms. The fourth-order valence-electron chi connectivity index (χ4n) is 4.17. The lowest BCUT2D eigenvalue weighted by molar-refractivity contribution is -0.142. The number of thiophene rings is 1. The lowest BCUT2D eigenvalue weighted by Gasteiger charge is -2.16. The van der Waals surface area contributed by atoms with Crippen molar-refractivity contribution in [3.63, 3.8) is 0 Å². The largest absolute Gasteiger partial charge is 0.481 e. The van der Waals surface area contributed by atoms with E-state index in [0.29, 0.717) is 34.6 Å². The molecule has 1 aliphatic carbocycles.